The number of ether oxygens (including phenoxy) is 1. The zero-order valence-electron chi connectivity index (χ0n) is 10.6. The Balaban J connectivity index is 1.67. The Morgan fingerprint density at radius 1 is 1.39 bits per heavy atom. The van der Waals surface area contributed by atoms with Crippen molar-refractivity contribution in [2.24, 2.45) is 11.8 Å². The Morgan fingerprint density at radius 2 is 2.22 bits per heavy atom. The van der Waals surface area contributed by atoms with Gasteiger partial charge in [0.2, 0.25) is 11.8 Å². The third-order valence-electron chi connectivity index (χ3n) is 4.47. The van der Waals surface area contributed by atoms with E-state index in [1.165, 1.54) is 19.3 Å². The predicted octanol–water partition coefficient (Wildman–Crippen LogP) is 0.150. The van der Waals surface area contributed by atoms with Crippen LogP contribution < -0.4 is 5.32 Å². The third kappa shape index (κ3) is 2.11. The van der Waals surface area contributed by atoms with Crippen LogP contribution in [-0.4, -0.2) is 49.1 Å². The smallest absolute Gasteiger partial charge is 0.228 e. The summed E-state index contributed by atoms with van der Waals surface area (Å²) in [6.45, 7) is 2.49. The van der Waals surface area contributed by atoms with Crippen molar-refractivity contribution in [2.75, 3.05) is 26.3 Å². The summed E-state index contributed by atoms with van der Waals surface area (Å²) in [6, 6.07) is 0.246. The van der Waals surface area contributed by atoms with E-state index in [9.17, 15) is 9.59 Å². The molecule has 0 spiro atoms. The van der Waals surface area contributed by atoms with Gasteiger partial charge in [-0.2, -0.15) is 0 Å². The van der Waals surface area contributed by atoms with Crippen molar-refractivity contribution in [3.8, 4) is 0 Å². The minimum atomic E-state index is -0.154. The Labute approximate surface area is 107 Å². The molecule has 3 aliphatic rings. The number of morpholine rings is 1. The molecular formula is C13H20N2O3. The maximum Gasteiger partial charge on any atom is 0.228 e. The molecule has 2 amide bonds. The minimum absolute atomic E-state index is 0.00167. The third-order valence-corrected chi connectivity index (χ3v) is 4.47. The second-order valence-electron chi connectivity index (χ2n) is 5.57. The van der Waals surface area contributed by atoms with Gasteiger partial charge < -0.3 is 15.0 Å². The van der Waals surface area contributed by atoms with Crippen LogP contribution >= 0.6 is 0 Å². The van der Waals surface area contributed by atoms with Crippen molar-refractivity contribution in [1.82, 2.24) is 10.2 Å². The number of carbonyl (C=O) groups excluding carboxylic acids is 2. The number of nitrogens with zero attached hydrogens (tertiary/aromatic N) is 1. The van der Waals surface area contributed by atoms with Crippen LogP contribution in [0, 0.1) is 11.8 Å². The molecule has 2 heterocycles. The van der Waals surface area contributed by atoms with Crippen molar-refractivity contribution in [3.05, 3.63) is 0 Å². The quantitative estimate of drug-likeness (QED) is 0.761. The standard InChI is InChI=1S/C13H20N2O3/c16-12-6-10(7-14-12)13(17)15-4-5-18-8-11(15)9-2-1-3-9/h9-11H,1-8H2,(H,14,16). The molecule has 1 N–H and O–H groups in total. The first-order chi connectivity index (χ1) is 8.75. The molecule has 0 aromatic rings. The van der Waals surface area contributed by atoms with Gasteiger partial charge in [0.05, 0.1) is 25.2 Å². The molecule has 2 aliphatic heterocycles. The second-order valence-corrected chi connectivity index (χ2v) is 5.57. The highest BCUT2D eigenvalue weighted by Gasteiger charge is 2.40. The van der Waals surface area contributed by atoms with Crippen LogP contribution in [0.1, 0.15) is 25.7 Å². The largest absolute Gasteiger partial charge is 0.377 e. The lowest BCUT2D eigenvalue weighted by Gasteiger charge is -2.44. The van der Waals surface area contributed by atoms with Gasteiger partial charge in [0, 0.05) is 19.5 Å². The van der Waals surface area contributed by atoms with Gasteiger partial charge in [-0.1, -0.05) is 6.42 Å². The van der Waals surface area contributed by atoms with E-state index in [-0.39, 0.29) is 23.8 Å². The SMILES string of the molecule is O=C1CC(C(=O)N2CCOCC2C2CCC2)CN1. The maximum absolute atomic E-state index is 12.5. The first-order valence-corrected chi connectivity index (χ1v) is 6.90. The van der Waals surface area contributed by atoms with E-state index in [4.69, 9.17) is 4.74 Å². The molecule has 2 unspecified atom stereocenters. The summed E-state index contributed by atoms with van der Waals surface area (Å²) in [6.07, 6.45) is 4.04. The van der Waals surface area contributed by atoms with E-state index in [0.717, 1.165) is 0 Å². The molecule has 0 bridgehead atoms. The normalized spacial score (nSPS) is 33.1. The van der Waals surface area contributed by atoms with Crippen LogP contribution in [0.2, 0.25) is 0 Å². The monoisotopic (exact) mass is 252 g/mol. The molecule has 5 heteroatoms. The van der Waals surface area contributed by atoms with Crippen LogP contribution in [0.4, 0.5) is 0 Å². The Kier molecular flexibility index (Phi) is 3.24. The molecule has 3 fully saturated rings. The number of rotatable bonds is 2. The van der Waals surface area contributed by atoms with E-state index in [1.807, 2.05) is 4.90 Å². The van der Waals surface area contributed by atoms with Crippen LogP contribution in [0.15, 0.2) is 0 Å². The fourth-order valence-electron chi connectivity index (χ4n) is 3.13. The number of carbonyl (C=O) groups is 2. The fourth-order valence-corrected chi connectivity index (χ4v) is 3.13. The molecule has 0 aromatic heterocycles. The highest BCUT2D eigenvalue weighted by molar-refractivity contribution is 5.89. The molecule has 0 aromatic carbocycles. The Hall–Kier alpha value is -1.10. The molecule has 2 atom stereocenters. The molecule has 3 rings (SSSR count). The summed E-state index contributed by atoms with van der Waals surface area (Å²) in [4.78, 5) is 25.7. The van der Waals surface area contributed by atoms with Crippen molar-refractivity contribution in [2.45, 2.75) is 31.7 Å². The summed E-state index contributed by atoms with van der Waals surface area (Å²) >= 11 is 0. The zero-order valence-corrected chi connectivity index (χ0v) is 10.6. The average Bonchev–Trinajstić information content (AvgIpc) is 2.74. The van der Waals surface area contributed by atoms with E-state index < -0.39 is 0 Å². The summed E-state index contributed by atoms with van der Waals surface area (Å²) in [5, 5.41) is 2.74. The van der Waals surface area contributed by atoms with Crippen molar-refractivity contribution in [3.63, 3.8) is 0 Å². The number of amides is 2. The molecule has 18 heavy (non-hydrogen) atoms. The number of hydrogen-bond acceptors (Lipinski definition) is 3. The zero-order chi connectivity index (χ0) is 12.5. The number of hydrogen-bond donors (Lipinski definition) is 1. The molecule has 1 aliphatic carbocycles. The van der Waals surface area contributed by atoms with Gasteiger partial charge in [-0.25, -0.2) is 0 Å². The van der Waals surface area contributed by atoms with Gasteiger partial charge in [-0.15, -0.1) is 0 Å². The van der Waals surface area contributed by atoms with E-state index >= 15 is 0 Å². The molecule has 5 nitrogen and oxygen atoms in total. The van der Waals surface area contributed by atoms with Crippen molar-refractivity contribution < 1.29 is 14.3 Å². The van der Waals surface area contributed by atoms with Gasteiger partial charge in [0.15, 0.2) is 0 Å². The maximum atomic E-state index is 12.5. The van der Waals surface area contributed by atoms with Crippen molar-refractivity contribution in [1.29, 1.82) is 0 Å². The van der Waals surface area contributed by atoms with Crippen LogP contribution in [-0.2, 0) is 14.3 Å². The average molecular weight is 252 g/mol. The summed E-state index contributed by atoms with van der Waals surface area (Å²) in [5.74, 6) is 0.604. The fraction of sp³-hybridized carbons (Fsp3) is 0.846. The number of nitrogens with one attached hydrogen (secondary N) is 1. The van der Waals surface area contributed by atoms with Gasteiger partial charge in [0.1, 0.15) is 0 Å². The predicted molar refractivity (Wildman–Crippen MR) is 64.8 cm³/mol. The molecule has 0 radical (unpaired) electrons. The Morgan fingerprint density at radius 3 is 2.83 bits per heavy atom. The molecule has 2 saturated heterocycles. The van der Waals surface area contributed by atoms with Gasteiger partial charge >= 0.3 is 0 Å². The van der Waals surface area contributed by atoms with E-state index in [1.54, 1.807) is 0 Å². The summed E-state index contributed by atoms with van der Waals surface area (Å²) in [7, 11) is 0. The molecular weight excluding hydrogens is 232 g/mol. The van der Waals surface area contributed by atoms with Crippen LogP contribution in [0.3, 0.4) is 0 Å². The minimum Gasteiger partial charge on any atom is -0.377 e. The van der Waals surface area contributed by atoms with Gasteiger partial charge in [-0.3, -0.25) is 9.59 Å². The van der Waals surface area contributed by atoms with Gasteiger partial charge in [-0.05, 0) is 18.8 Å². The highest BCUT2D eigenvalue weighted by Crippen LogP contribution is 2.34. The highest BCUT2D eigenvalue weighted by atomic mass is 16.5. The Bertz CT molecular complexity index is 354. The first kappa shape index (κ1) is 12.0. The van der Waals surface area contributed by atoms with Crippen LogP contribution in [0.5, 0.6) is 0 Å². The lowest BCUT2D eigenvalue weighted by molar-refractivity contribution is -0.148. The van der Waals surface area contributed by atoms with Gasteiger partial charge in [0.25, 0.3) is 0 Å². The van der Waals surface area contributed by atoms with Crippen LogP contribution in [0.25, 0.3) is 0 Å². The summed E-state index contributed by atoms with van der Waals surface area (Å²) < 4.78 is 5.53. The lowest BCUT2D eigenvalue weighted by Crippen LogP contribution is -2.55. The van der Waals surface area contributed by atoms with E-state index in [2.05, 4.69) is 5.32 Å². The second kappa shape index (κ2) is 4.88. The topological polar surface area (TPSA) is 58.6 Å². The first-order valence-electron chi connectivity index (χ1n) is 6.90. The van der Waals surface area contributed by atoms with E-state index in [0.29, 0.717) is 38.6 Å². The molecule has 1 saturated carbocycles. The molecule has 100 valence electrons. The van der Waals surface area contributed by atoms with Crippen molar-refractivity contribution >= 4 is 11.8 Å². The summed E-state index contributed by atoms with van der Waals surface area (Å²) in [5.41, 5.74) is 0. The lowest BCUT2D eigenvalue weighted by atomic mass is 9.78.